The highest BCUT2D eigenvalue weighted by molar-refractivity contribution is 7.87. The van der Waals surface area contributed by atoms with E-state index in [0.717, 1.165) is 11.6 Å². The van der Waals surface area contributed by atoms with Crippen molar-refractivity contribution < 1.29 is 26.3 Å². The van der Waals surface area contributed by atoms with Gasteiger partial charge in [0.1, 0.15) is 5.75 Å². The second kappa shape index (κ2) is 8.46. The van der Waals surface area contributed by atoms with Crippen molar-refractivity contribution >= 4 is 10.2 Å². The molecule has 0 aliphatic carbocycles. The molecule has 0 atom stereocenters. The molecule has 160 valence electrons. The number of rotatable bonds is 7. The van der Waals surface area contributed by atoms with Gasteiger partial charge in [-0.2, -0.15) is 26.7 Å². The molecule has 30 heavy (non-hydrogen) atoms. The quantitative estimate of drug-likeness (QED) is 0.590. The first-order valence-corrected chi connectivity index (χ1v) is 10.3. The second-order valence-corrected chi connectivity index (χ2v) is 7.79. The SMILES string of the molecule is COc1ccc(-n2nc(C(F)(F)F)cc2-c2ccc(CCNS(N)(=O)=O)cc2)cc1. The standard InChI is InChI=1S/C19H19F3N4O3S/c1-29-16-8-6-15(7-9-16)26-17(12-18(25-26)19(20,21)22)14-4-2-13(3-5-14)10-11-24-30(23,27)28/h2-9,12,24H,10-11H2,1H3,(H2,23,27,28). The minimum atomic E-state index is -4.59. The molecule has 1 heterocycles. The van der Waals surface area contributed by atoms with Crippen LogP contribution in [0.15, 0.2) is 54.6 Å². The number of alkyl halides is 3. The molecule has 1 aromatic heterocycles. The molecule has 0 unspecified atom stereocenters. The van der Waals surface area contributed by atoms with E-state index < -0.39 is 22.1 Å². The number of hydrogen-bond acceptors (Lipinski definition) is 4. The van der Waals surface area contributed by atoms with Gasteiger partial charge in [0, 0.05) is 12.1 Å². The zero-order valence-electron chi connectivity index (χ0n) is 15.8. The number of halogens is 3. The van der Waals surface area contributed by atoms with Crippen LogP contribution in [0.1, 0.15) is 11.3 Å². The summed E-state index contributed by atoms with van der Waals surface area (Å²) in [5, 5.41) is 8.62. The van der Waals surface area contributed by atoms with Gasteiger partial charge in [-0.3, -0.25) is 0 Å². The summed E-state index contributed by atoms with van der Waals surface area (Å²) >= 11 is 0. The Hall–Kier alpha value is -2.89. The molecular formula is C19H19F3N4O3S. The molecule has 0 saturated heterocycles. The van der Waals surface area contributed by atoms with Gasteiger partial charge in [-0.15, -0.1) is 0 Å². The monoisotopic (exact) mass is 440 g/mol. The Morgan fingerprint density at radius 2 is 1.73 bits per heavy atom. The third kappa shape index (κ3) is 5.38. The fraction of sp³-hybridized carbons (Fsp3) is 0.211. The van der Waals surface area contributed by atoms with Gasteiger partial charge in [-0.05, 0) is 42.3 Å². The number of ether oxygens (including phenoxy) is 1. The number of nitrogens with zero attached hydrogens (tertiary/aromatic N) is 2. The number of benzene rings is 2. The van der Waals surface area contributed by atoms with Crippen LogP contribution < -0.4 is 14.6 Å². The van der Waals surface area contributed by atoms with E-state index in [4.69, 9.17) is 9.88 Å². The van der Waals surface area contributed by atoms with E-state index >= 15 is 0 Å². The first-order chi connectivity index (χ1) is 14.1. The molecule has 0 aliphatic rings. The summed E-state index contributed by atoms with van der Waals surface area (Å²) in [5.41, 5.74) is 1.03. The van der Waals surface area contributed by atoms with Crippen molar-refractivity contribution in [1.29, 1.82) is 0 Å². The van der Waals surface area contributed by atoms with Gasteiger partial charge in [-0.1, -0.05) is 24.3 Å². The number of nitrogens with one attached hydrogen (secondary N) is 1. The largest absolute Gasteiger partial charge is 0.497 e. The van der Waals surface area contributed by atoms with Crippen LogP contribution in [0.25, 0.3) is 16.9 Å². The summed E-state index contributed by atoms with van der Waals surface area (Å²) in [6.07, 6.45) is -4.21. The molecule has 0 aliphatic heterocycles. The van der Waals surface area contributed by atoms with Gasteiger partial charge >= 0.3 is 6.18 Å². The molecule has 7 nitrogen and oxygen atoms in total. The Labute approximate surface area is 171 Å². The Balaban J connectivity index is 1.92. The van der Waals surface area contributed by atoms with E-state index in [1.54, 1.807) is 48.5 Å². The fourth-order valence-electron chi connectivity index (χ4n) is 2.83. The van der Waals surface area contributed by atoms with Crippen molar-refractivity contribution in [3.63, 3.8) is 0 Å². The first-order valence-electron chi connectivity index (χ1n) is 8.75. The lowest BCUT2D eigenvalue weighted by Gasteiger charge is -2.09. The first kappa shape index (κ1) is 21.8. The highest BCUT2D eigenvalue weighted by Gasteiger charge is 2.35. The van der Waals surface area contributed by atoms with Crippen LogP contribution in [0.3, 0.4) is 0 Å². The van der Waals surface area contributed by atoms with Crippen molar-refractivity contribution in [2.24, 2.45) is 5.14 Å². The zero-order valence-corrected chi connectivity index (χ0v) is 16.7. The van der Waals surface area contributed by atoms with E-state index in [1.807, 2.05) is 0 Å². The van der Waals surface area contributed by atoms with Crippen LogP contribution in [0, 0.1) is 0 Å². The van der Waals surface area contributed by atoms with Crippen LogP contribution in [-0.2, 0) is 22.8 Å². The highest BCUT2D eigenvalue weighted by Crippen LogP contribution is 2.33. The number of methoxy groups -OCH3 is 1. The topological polar surface area (TPSA) is 99.2 Å². The van der Waals surface area contributed by atoms with Crippen molar-refractivity contribution in [2.75, 3.05) is 13.7 Å². The van der Waals surface area contributed by atoms with E-state index in [9.17, 15) is 21.6 Å². The third-order valence-corrected chi connectivity index (χ3v) is 4.89. The average molecular weight is 440 g/mol. The van der Waals surface area contributed by atoms with Gasteiger partial charge < -0.3 is 4.74 Å². The molecule has 3 aromatic rings. The van der Waals surface area contributed by atoms with E-state index in [2.05, 4.69) is 9.82 Å². The lowest BCUT2D eigenvalue weighted by molar-refractivity contribution is -0.141. The van der Waals surface area contributed by atoms with E-state index in [0.29, 0.717) is 23.4 Å². The summed E-state index contributed by atoms with van der Waals surface area (Å²) in [4.78, 5) is 0. The molecule has 0 fully saturated rings. The van der Waals surface area contributed by atoms with E-state index in [-0.39, 0.29) is 12.2 Å². The minimum absolute atomic E-state index is 0.111. The molecule has 3 rings (SSSR count). The van der Waals surface area contributed by atoms with Crippen LogP contribution in [0.2, 0.25) is 0 Å². The number of aromatic nitrogens is 2. The lowest BCUT2D eigenvalue weighted by Crippen LogP contribution is -2.32. The molecule has 0 spiro atoms. The molecule has 0 saturated carbocycles. The van der Waals surface area contributed by atoms with Gasteiger partial charge in [0.25, 0.3) is 10.2 Å². The molecule has 0 amide bonds. The Bertz CT molecular complexity index is 1110. The Morgan fingerprint density at radius 1 is 1.10 bits per heavy atom. The van der Waals surface area contributed by atoms with Crippen molar-refractivity contribution in [1.82, 2.24) is 14.5 Å². The summed E-state index contributed by atoms with van der Waals surface area (Å²) in [5.74, 6) is 0.570. The highest BCUT2D eigenvalue weighted by atomic mass is 32.2. The molecule has 11 heteroatoms. The fourth-order valence-corrected chi connectivity index (χ4v) is 3.21. The maximum absolute atomic E-state index is 13.3. The van der Waals surface area contributed by atoms with Crippen molar-refractivity contribution in [3.05, 3.63) is 65.9 Å². The zero-order chi connectivity index (χ0) is 21.9. The van der Waals surface area contributed by atoms with Gasteiger partial charge in [0.05, 0.1) is 18.5 Å². The van der Waals surface area contributed by atoms with Gasteiger partial charge in [0.15, 0.2) is 5.69 Å². The minimum Gasteiger partial charge on any atom is -0.497 e. The maximum Gasteiger partial charge on any atom is 0.435 e. The molecule has 3 N–H and O–H groups in total. The van der Waals surface area contributed by atoms with Crippen LogP contribution in [0.4, 0.5) is 13.2 Å². The summed E-state index contributed by atoms with van der Waals surface area (Å²) in [6.45, 7) is 0.111. The third-order valence-electron chi connectivity index (χ3n) is 4.28. The molecular weight excluding hydrogens is 421 g/mol. The average Bonchev–Trinajstić information content (AvgIpc) is 3.13. The summed E-state index contributed by atoms with van der Waals surface area (Å²) in [6, 6.07) is 14.2. The smallest absolute Gasteiger partial charge is 0.435 e. The molecule has 0 bridgehead atoms. The summed E-state index contributed by atoms with van der Waals surface area (Å²) in [7, 11) is -2.28. The number of nitrogens with two attached hydrogens (primary N) is 1. The normalized spacial score (nSPS) is 12.2. The predicted octanol–water partition coefficient (Wildman–Crippen LogP) is 2.90. The Morgan fingerprint density at radius 3 is 2.27 bits per heavy atom. The van der Waals surface area contributed by atoms with Crippen molar-refractivity contribution in [2.45, 2.75) is 12.6 Å². The van der Waals surface area contributed by atoms with Crippen LogP contribution in [0.5, 0.6) is 5.75 Å². The van der Waals surface area contributed by atoms with Gasteiger partial charge in [0.2, 0.25) is 0 Å². The maximum atomic E-state index is 13.3. The predicted molar refractivity (Wildman–Crippen MR) is 105 cm³/mol. The number of hydrogen-bond donors (Lipinski definition) is 2. The molecule has 2 aromatic carbocycles. The van der Waals surface area contributed by atoms with Crippen LogP contribution >= 0.6 is 0 Å². The van der Waals surface area contributed by atoms with Gasteiger partial charge in [-0.25, -0.2) is 14.5 Å². The second-order valence-electron chi connectivity index (χ2n) is 6.41. The molecule has 0 radical (unpaired) electrons. The Kier molecular flexibility index (Phi) is 6.15. The lowest BCUT2D eigenvalue weighted by atomic mass is 10.1. The van der Waals surface area contributed by atoms with Crippen molar-refractivity contribution in [3.8, 4) is 22.7 Å². The van der Waals surface area contributed by atoms with Crippen LogP contribution in [-0.4, -0.2) is 31.9 Å². The summed E-state index contributed by atoms with van der Waals surface area (Å²) < 4.78 is 70.1. The van der Waals surface area contributed by atoms with E-state index in [1.165, 1.54) is 11.8 Å².